The summed E-state index contributed by atoms with van der Waals surface area (Å²) in [6.07, 6.45) is 6.21. The Hall–Kier alpha value is -3.12. The minimum Gasteiger partial charge on any atom is -0.494 e. The van der Waals surface area contributed by atoms with E-state index in [9.17, 15) is 9.59 Å². The average Bonchev–Trinajstić information content (AvgIpc) is 2.90. The summed E-state index contributed by atoms with van der Waals surface area (Å²) in [5.41, 5.74) is 2.71. The SMILES string of the molecule is CCOc1ccc(CC(=O)c2ccnc(N3CCC(C(=O)Cc4cccc(SC)c4)CC3)c2)cc1. The van der Waals surface area contributed by atoms with Crippen LogP contribution in [0.25, 0.3) is 0 Å². The quantitative estimate of drug-likeness (QED) is 0.271. The van der Waals surface area contributed by atoms with Gasteiger partial charge in [0.25, 0.3) is 0 Å². The Morgan fingerprint density at radius 1 is 1.00 bits per heavy atom. The standard InChI is InChI=1S/C29H32N2O3S/c1-3-34-25-9-7-21(8-10-25)18-28(33)24-11-14-30-29(20-24)31-15-12-23(13-16-31)27(32)19-22-5-4-6-26(17-22)35-2/h4-11,14,17,20,23H,3,12-13,15-16,18-19H2,1-2H3. The van der Waals surface area contributed by atoms with Crippen molar-refractivity contribution >= 4 is 29.1 Å². The molecule has 0 spiro atoms. The van der Waals surface area contributed by atoms with Crippen molar-refractivity contribution < 1.29 is 14.3 Å². The number of piperidine rings is 1. The van der Waals surface area contributed by atoms with Gasteiger partial charge in [-0.15, -0.1) is 11.8 Å². The third-order valence-corrected chi connectivity index (χ3v) is 7.18. The number of carbonyl (C=O) groups excluding carboxylic acids is 2. The van der Waals surface area contributed by atoms with Crippen molar-refractivity contribution in [3.63, 3.8) is 0 Å². The summed E-state index contributed by atoms with van der Waals surface area (Å²) in [5, 5.41) is 0. The molecule has 3 aromatic rings. The van der Waals surface area contributed by atoms with E-state index in [2.05, 4.69) is 22.0 Å². The molecule has 0 amide bonds. The first kappa shape index (κ1) is 25.0. The number of thioether (sulfide) groups is 1. The zero-order chi connectivity index (χ0) is 24.6. The van der Waals surface area contributed by atoms with Crippen LogP contribution in [0, 0.1) is 5.92 Å². The molecule has 35 heavy (non-hydrogen) atoms. The van der Waals surface area contributed by atoms with Crippen LogP contribution in [0.1, 0.15) is 41.3 Å². The molecule has 0 atom stereocenters. The molecule has 1 aliphatic rings. The lowest BCUT2D eigenvalue weighted by molar-refractivity contribution is -0.122. The summed E-state index contributed by atoms with van der Waals surface area (Å²) in [7, 11) is 0. The van der Waals surface area contributed by atoms with E-state index in [0.29, 0.717) is 30.8 Å². The number of anilines is 1. The maximum atomic E-state index is 12.9. The monoisotopic (exact) mass is 488 g/mol. The molecular formula is C29H32N2O3S. The lowest BCUT2D eigenvalue weighted by Crippen LogP contribution is -2.37. The van der Waals surface area contributed by atoms with Crippen molar-refractivity contribution in [2.45, 2.75) is 37.5 Å². The fourth-order valence-electron chi connectivity index (χ4n) is 4.48. The molecular weight excluding hydrogens is 456 g/mol. The van der Waals surface area contributed by atoms with E-state index < -0.39 is 0 Å². The van der Waals surface area contributed by atoms with E-state index in [1.165, 1.54) is 4.90 Å². The Balaban J connectivity index is 1.32. The van der Waals surface area contributed by atoms with Crippen LogP contribution in [0.2, 0.25) is 0 Å². The summed E-state index contributed by atoms with van der Waals surface area (Å²) < 4.78 is 5.47. The van der Waals surface area contributed by atoms with Crippen molar-refractivity contribution in [3.05, 3.63) is 83.6 Å². The predicted molar refractivity (Wildman–Crippen MR) is 142 cm³/mol. The second-order valence-corrected chi connectivity index (χ2v) is 9.72. The van der Waals surface area contributed by atoms with Gasteiger partial charge in [-0.25, -0.2) is 4.98 Å². The lowest BCUT2D eigenvalue weighted by atomic mass is 9.89. The molecule has 2 aromatic carbocycles. The number of benzene rings is 2. The lowest BCUT2D eigenvalue weighted by Gasteiger charge is -2.32. The molecule has 0 N–H and O–H groups in total. The van der Waals surface area contributed by atoms with Crippen molar-refractivity contribution in [1.29, 1.82) is 0 Å². The topological polar surface area (TPSA) is 59.5 Å². The first-order valence-electron chi connectivity index (χ1n) is 12.2. The molecule has 0 saturated carbocycles. The van der Waals surface area contributed by atoms with Gasteiger partial charge in [0.05, 0.1) is 6.61 Å². The largest absolute Gasteiger partial charge is 0.494 e. The highest BCUT2D eigenvalue weighted by atomic mass is 32.2. The summed E-state index contributed by atoms with van der Waals surface area (Å²) in [4.78, 5) is 33.7. The molecule has 2 heterocycles. The molecule has 0 bridgehead atoms. The molecule has 0 unspecified atom stereocenters. The zero-order valence-electron chi connectivity index (χ0n) is 20.4. The van der Waals surface area contributed by atoms with Crippen LogP contribution in [0.4, 0.5) is 5.82 Å². The third kappa shape index (κ3) is 6.73. The molecule has 6 heteroatoms. The summed E-state index contributed by atoms with van der Waals surface area (Å²) in [5.74, 6) is 2.07. The summed E-state index contributed by atoms with van der Waals surface area (Å²) in [6, 6.07) is 19.6. The van der Waals surface area contributed by atoms with E-state index in [1.807, 2.05) is 55.6 Å². The van der Waals surface area contributed by atoms with Gasteiger partial charge in [-0.1, -0.05) is 24.3 Å². The number of hydrogen-bond acceptors (Lipinski definition) is 6. The molecule has 4 rings (SSSR count). The Morgan fingerprint density at radius 2 is 1.77 bits per heavy atom. The maximum absolute atomic E-state index is 12.9. The Labute approximate surface area is 211 Å². The first-order chi connectivity index (χ1) is 17.1. The number of carbonyl (C=O) groups is 2. The van der Waals surface area contributed by atoms with E-state index in [4.69, 9.17) is 4.74 Å². The minimum absolute atomic E-state index is 0.0651. The number of ketones is 2. The molecule has 1 aromatic heterocycles. The van der Waals surface area contributed by atoms with Crippen LogP contribution < -0.4 is 9.64 Å². The molecule has 1 fully saturated rings. The number of ether oxygens (including phenoxy) is 1. The number of nitrogens with zero attached hydrogens (tertiary/aromatic N) is 2. The molecule has 182 valence electrons. The number of rotatable bonds is 10. The van der Waals surface area contributed by atoms with Crippen molar-refractivity contribution in [1.82, 2.24) is 4.98 Å². The van der Waals surface area contributed by atoms with Crippen molar-refractivity contribution in [2.24, 2.45) is 5.92 Å². The van der Waals surface area contributed by atoms with Crippen molar-refractivity contribution in [2.75, 3.05) is 30.9 Å². The Morgan fingerprint density at radius 3 is 2.49 bits per heavy atom. The minimum atomic E-state index is 0.0651. The maximum Gasteiger partial charge on any atom is 0.167 e. The highest BCUT2D eigenvalue weighted by molar-refractivity contribution is 7.98. The van der Waals surface area contributed by atoms with E-state index in [0.717, 1.165) is 48.6 Å². The highest BCUT2D eigenvalue weighted by Crippen LogP contribution is 2.25. The third-order valence-electron chi connectivity index (χ3n) is 6.45. The molecule has 1 saturated heterocycles. The number of hydrogen-bond donors (Lipinski definition) is 0. The Bertz CT molecular complexity index is 1150. The van der Waals surface area contributed by atoms with Crippen LogP contribution in [0.15, 0.2) is 71.8 Å². The highest BCUT2D eigenvalue weighted by Gasteiger charge is 2.26. The van der Waals surface area contributed by atoms with Gasteiger partial charge >= 0.3 is 0 Å². The molecule has 0 radical (unpaired) electrons. The van der Waals surface area contributed by atoms with Crippen LogP contribution in [0.3, 0.4) is 0 Å². The predicted octanol–water partition coefficient (Wildman–Crippen LogP) is 5.66. The Kier molecular flexibility index (Phi) is 8.59. The summed E-state index contributed by atoms with van der Waals surface area (Å²) >= 11 is 1.70. The average molecular weight is 489 g/mol. The van der Waals surface area contributed by atoms with Gasteiger partial charge in [0, 0.05) is 48.5 Å². The smallest absolute Gasteiger partial charge is 0.167 e. The van der Waals surface area contributed by atoms with Crippen molar-refractivity contribution in [3.8, 4) is 5.75 Å². The van der Waals surface area contributed by atoms with E-state index in [-0.39, 0.29) is 11.7 Å². The number of Topliss-reactive ketones (excluding diaryl/α,β-unsaturated/α-hetero) is 2. The van der Waals surface area contributed by atoms with Gasteiger partial charge < -0.3 is 9.64 Å². The number of aromatic nitrogens is 1. The fraction of sp³-hybridized carbons (Fsp3) is 0.345. The van der Waals surface area contributed by atoms with Crippen LogP contribution in [-0.4, -0.2) is 42.5 Å². The normalized spacial score (nSPS) is 14.1. The van der Waals surface area contributed by atoms with Crippen LogP contribution >= 0.6 is 11.8 Å². The first-order valence-corrected chi connectivity index (χ1v) is 13.4. The van der Waals surface area contributed by atoms with E-state index >= 15 is 0 Å². The van der Waals surface area contributed by atoms with Gasteiger partial charge in [0.2, 0.25) is 0 Å². The van der Waals surface area contributed by atoms with Gasteiger partial charge in [0.1, 0.15) is 17.4 Å². The fourth-order valence-corrected chi connectivity index (χ4v) is 4.96. The molecule has 1 aliphatic heterocycles. The zero-order valence-corrected chi connectivity index (χ0v) is 21.2. The van der Waals surface area contributed by atoms with Crippen LogP contribution in [-0.2, 0) is 17.6 Å². The molecule has 5 nitrogen and oxygen atoms in total. The van der Waals surface area contributed by atoms with E-state index in [1.54, 1.807) is 24.0 Å². The second-order valence-electron chi connectivity index (χ2n) is 8.84. The van der Waals surface area contributed by atoms with Gasteiger partial charge in [0.15, 0.2) is 5.78 Å². The van der Waals surface area contributed by atoms with Gasteiger partial charge in [-0.05, 0) is 73.5 Å². The van der Waals surface area contributed by atoms with Gasteiger partial charge in [-0.3, -0.25) is 9.59 Å². The van der Waals surface area contributed by atoms with Crippen LogP contribution in [0.5, 0.6) is 5.75 Å². The second kappa shape index (κ2) is 12.0. The number of pyridine rings is 1. The van der Waals surface area contributed by atoms with Gasteiger partial charge in [-0.2, -0.15) is 0 Å². The molecule has 0 aliphatic carbocycles. The summed E-state index contributed by atoms with van der Waals surface area (Å²) in [6.45, 7) is 4.11.